The first-order chi connectivity index (χ1) is 8.41. The summed E-state index contributed by atoms with van der Waals surface area (Å²) in [4.78, 5) is 6.78. The van der Waals surface area contributed by atoms with E-state index in [1.54, 1.807) is 0 Å². The molecule has 100 valence electrons. The van der Waals surface area contributed by atoms with Gasteiger partial charge in [-0.1, -0.05) is 0 Å². The van der Waals surface area contributed by atoms with E-state index in [9.17, 15) is 0 Å². The van der Waals surface area contributed by atoms with Crippen LogP contribution in [0.3, 0.4) is 0 Å². The highest BCUT2D eigenvalue weighted by molar-refractivity contribution is 9.10. The van der Waals surface area contributed by atoms with Crippen LogP contribution in [0, 0.1) is 0 Å². The highest BCUT2D eigenvalue weighted by Crippen LogP contribution is 2.28. The van der Waals surface area contributed by atoms with Crippen LogP contribution in [0.1, 0.15) is 26.3 Å². The van der Waals surface area contributed by atoms with Gasteiger partial charge in [-0.15, -0.1) is 0 Å². The average Bonchev–Trinajstić information content (AvgIpc) is 2.25. The topological polar surface area (TPSA) is 51.4 Å². The molecule has 1 aliphatic heterocycles. The van der Waals surface area contributed by atoms with Crippen LogP contribution < -0.4 is 10.6 Å². The van der Waals surface area contributed by atoms with Gasteiger partial charge in [0.1, 0.15) is 5.82 Å². The number of aromatic nitrogens is 1. The Morgan fingerprint density at radius 2 is 2.33 bits per heavy atom. The van der Waals surface area contributed by atoms with Gasteiger partial charge in [0.25, 0.3) is 0 Å². The van der Waals surface area contributed by atoms with Crippen LogP contribution in [-0.4, -0.2) is 29.8 Å². The van der Waals surface area contributed by atoms with Crippen molar-refractivity contribution in [2.75, 3.05) is 18.0 Å². The molecule has 1 aromatic rings. The predicted molar refractivity (Wildman–Crippen MR) is 76.7 cm³/mol. The van der Waals surface area contributed by atoms with Gasteiger partial charge in [-0.2, -0.15) is 0 Å². The molecule has 0 amide bonds. The average molecular weight is 314 g/mol. The molecule has 1 saturated heterocycles. The monoisotopic (exact) mass is 313 g/mol. The van der Waals surface area contributed by atoms with Gasteiger partial charge in [0.05, 0.1) is 11.7 Å². The normalized spacial score (nSPS) is 23.2. The summed E-state index contributed by atoms with van der Waals surface area (Å²) in [5.74, 6) is 0.976. The number of nitrogens with zero attached hydrogens (tertiary/aromatic N) is 2. The van der Waals surface area contributed by atoms with E-state index in [1.165, 1.54) is 0 Å². The second-order valence-corrected chi connectivity index (χ2v) is 6.32. The largest absolute Gasteiger partial charge is 0.369 e. The van der Waals surface area contributed by atoms with Gasteiger partial charge in [-0.3, -0.25) is 0 Å². The lowest BCUT2D eigenvalue weighted by molar-refractivity contribution is -0.0752. The second kappa shape index (κ2) is 5.15. The zero-order valence-electron chi connectivity index (χ0n) is 11.1. The zero-order chi connectivity index (χ0) is 13.3. The maximum atomic E-state index is 5.91. The van der Waals surface area contributed by atoms with E-state index in [1.807, 2.05) is 12.3 Å². The Labute approximate surface area is 117 Å². The third kappa shape index (κ3) is 3.02. The molecule has 18 heavy (non-hydrogen) atoms. The van der Waals surface area contributed by atoms with Crippen molar-refractivity contribution in [3.63, 3.8) is 0 Å². The standard InChI is InChI=1S/C13H20BrN3O/c1-9-7-17(8-13(2,3)18-9)12-10(5-15)4-11(14)6-16-12/h4,6,9H,5,7-8,15H2,1-3H3. The number of rotatable bonds is 2. The molecule has 1 aromatic heterocycles. The first kappa shape index (κ1) is 13.8. The minimum absolute atomic E-state index is 0.154. The molecular formula is C13H20BrN3O. The number of anilines is 1. The van der Waals surface area contributed by atoms with Crippen LogP contribution >= 0.6 is 15.9 Å². The van der Waals surface area contributed by atoms with Crippen molar-refractivity contribution >= 4 is 21.7 Å². The molecule has 0 aromatic carbocycles. The number of nitrogens with two attached hydrogens (primary N) is 1. The summed E-state index contributed by atoms with van der Waals surface area (Å²) < 4.78 is 6.88. The Bertz CT molecular complexity index is 436. The summed E-state index contributed by atoms with van der Waals surface area (Å²) in [6.45, 7) is 8.49. The Morgan fingerprint density at radius 1 is 1.61 bits per heavy atom. The highest BCUT2D eigenvalue weighted by atomic mass is 79.9. The van der Waals surface area contributed by atoms with Crippen molar-refractivity contribution in [1.29, 1.82) is 0 Å². The Balaban J connectivity index is 2.30. The van der Waals surface area contributed by atoms with Crippen molar-refractivity contribution in [2.45, 2.75) is 39.0 Å². The molecule has 0 spiro atoms. The molecule has 2 N–H and O–H groups in total. The summed E-state index contributed by atoms with van der Waals surface area (Å²) in [6.07, 6.45) is 2.02. The van der Waals surface area contributed by atoms with Gasteiger partial charge in [0.15, 0.2) is 0 Å². The SMILES string of the molecule is CC1CN(c2ncc(Br)cc2CN)CC(C)(C)O1. The smallest absolute Gasteiger partial charge is 0.133 e. The first-order valence-corrected chi connectivity index (χ1v) is 6.98. The van der Waals surface area contributed by atoms with E-state index in [0.717, 1.165) is 28.9 Å². The molecule has 1 unspecified atom stereocenters. The van der Waals surface area contributed by atoms with E-state index in [2.05, 4.69) is 46.6 Å². The lowest BCUT2D eigenvalue weighted by Crippen LogP contribution is -2.52. The molecule has 1 atom stereocenters. The lowest BCUT2D eigenvalue weighted by atomic mass is 10.0. The number of morpholine rings is 1. The summed E-state index contributed by atoms with van der Waals surface area (Å²) in [7, 11) is 0. The second-order valence-electron chi connectivity index (χ2n) is 5.41. The van der Waals surface area contributed by atoms with Gasteiger partial charge in [0.2, 0.25) is 0 Å². The van der Waals surface area contributed by atoms with E-state index < -0.39 is 0 Å². The van der Waals surface area contributed by atoms with Gasteiger partial charge >= 0.3 is 0 Å². The molecule has 0 radical (unpaired) electrons. The number of ether oxygens (including phenoxy) is 1. The van der Waals surface area contributed by atoms with E-state index in [-0.39, 0.29) is 11.7 Å². The third-order valence-corrected chi connectivity index (χ3v) is 3.43. The molecular weight excluding hydrogens is 294 g/mol. The van der Waals surface area contributed by atoms with Crippen molar-refractivity contribution < 1.29 is 4.74 Å². The Hall–Kier alpha value is -0.650. The quantitative estimate of drug-likeness (QED) is 0.910. The summed E-state index contributed by atoms with van der Waals surface area (Å²) in [6, 6.07) is 2.04. The van der Waals surface area contributed by atoms with Crippen molar-refractivity contribution in [2.24, 2.45) is 5.73 Å². The fourth-order valence-electron chi connectivity index (χ4n) is 2.52. The maximum absolute atomic E-state index is 5.91. The summed E-state index contributed by atoms with van der Waals surface area (Å²) in [5, 5.41) is 0. The van der Waals surface area contributed by atoms with E-state index >= 15 is 0 Å². The van der Waals surface area contributed by atoms with Crippen LogP contribution in [0.25, 0.3) is 0 Å². The molecule has 0 saturated carbocycles. The van der Waals surface area contributed by atoms with E-state index in [0.29, 0.717) is 6.54 Å². The van der Waals surface area contributed by atoms with Crippen LogP contribution in [0.5, 0.6) is 0 Å². The van der Waals surface area contributed by atoms with Crippen LogP contribution in [0.2, 0.25) is 0 Å². The lowest BCUT2D eigenvalue weighted by Gasteiger charge is -2.42. The van der Waals surface area contributed by atoms with Crippen molar-refractivity contribution in [1.82, 2.24) is 4.98 Å². The zero-order valence-corrected chi connectivity index (χ0v) is 12.7. The molecule has 1 aliphatic rings. The highest BCUT2D eigenvalue weighted by Gasteiger charge is 2.32. The Morgan fingerprint density at radius 3 is 2.94 bits per heavy atom. The fraction of sp³-hybridized carbons (Fsp3) is 0.615. The summed E-state index contributed by atoms with van der Waals surface area (Å²) in [5.41, 5.74) is 6.72. The predicted octanol–water partition coefficient (Wildman–Crippen LogP) is 2.31. The van der Waals surface area contributed by atoms with E-state index in [4.69, 9.17) is 10.5 Å². The summed E-state index contributed by atoms with van der Waals surface area (Å²) >= 11 is 3.43. The van der Waals surface area contributed by atoms with Crippen molar-refractivity contribution in [3.8, 4) is 0 Å². The fourth-order valence-corrected chi connectivity index (χ4v) is 2.90. The molecule has 2 heterocycles. The van der Waals surface area contributed by atoms with Crippen LogP contribution in [0.15, 0.2) is 16.7 Å². The van der Waals surface area contributed by atoms with Gasteiger partial charge in [-0.25, -0.2) is 4.98 Å². The first-order valence-electron chi connectivity index (χ1n) is 6.18. The minimum Gasteiger partial charge on any atom is -0.369 e. The third-order valence-electron chi connectivity index (χ3n) is 3.00. The molecule has 1 fully saturated rings. The number of hydrogen-bond donors (Lipinski definition) is 1. The van der Waals surface area contributed by atoms with Gasteiger partial charge < -0.3 is 15.4 Å². The molecule has 4 nitrogen and oxygen atoms in total. The Kier molecular flexibility index (Phi) is 3.94. The number of pyridine rings is 1. The van der Waals surface area contributed by atoms with Gasteiger partial charge in [0, 0.05) is 35.9 Å². The van der Waals surface area contributed by atoms with Gasteiger partial charge in [-0.05, 0) is 42.8 Å². The molecule has 2 rings (SSSR count). The number of halogens is 1. The van der Waals surface area contributed by atoms with Crippen LogP contribution in [0.4, 0.5) is 5.82 Å². The maximum Gasteiger partial charge on any atom is 0.133 e. The molecule has 0 aliphatic carbocycles. The molecule has 0 bridgehead atoms. The molecule has 5 heteroatoms. The van der Waals surface area contributed by atoms with Crippen molar-refractivity contribution in [3.05, 3.63) is 22.3 Å². The minimum atomic E-state index is -0.154. The van der Waals surface area contributed by atoms with Crippen LogP contribution in [-0.2, 0) is 11.3 Å². The number of hydrogen-bond acceptors (Lipinski definition) is 4.